The van der Waals surface area contributed by atoms with E-state index in [1.807, 2.05) is 60.7 Å². The number of pyridine rings is 1. The fraction of sp³-hybridized carbons (Fsp3) is 0.0526. The van der Waals surface area contributed by atoms with Gasteiger partial charge in [0.25, 0.3) is 5.91 Å². The molecule has 3 aromatic rings. The third kappa shape index (κ3) is 4.33. The molecule has 1 amide bonds. The summed E-state index contributed by atoms with van der Waals surface area (Å²) in [7, 11) is 0. The minimum Gasteiger partial charge on any atom is -0.354 e. The molecular weight excluding hydrogens is 322 g/mol. The Kier molecular flexibility index (Phi) is 5.08. The van der Waals surface area contributed by atoms with E-state index in [4.69, 9.17) is 11.6 Å². The third-order valence-electron chi connectivity index (χ3n) is 3.41. The highest BCUT2D eigenvalue weighted by atomic mass is 35.5. The van der Waals surface area contributed by atoms with E-state index >= 15 is 0 Å². The molecule has 4 nitrogen and oxygen atoms in total. The largest absolute Gasteiger partial charge is 0.354 e. The van der Waals surface area contributed by atoms with Crippen molar-refractivity contribution in [2.75, 3.05) is 5.32 Å². The lowest BCUT2D eigenvalue weighted by Crippen LogP contribution is -2.23. The zero-order valence-electron chi connectivity index (χ0n) is 12.9. The monoisotopic (exact) mass is 337 g/mol. The van der Waals surface area contributed by atoms with Crippen LogP contribution in [0.4, 0.5) is 11.4 Å². The summed E-state index contributed by atoms with van der Waals surface area (Å²) in [6.45, 7) is 0.476. The molecule has 0 aliphatic heterocycles. The van der Waals surface area contributed by atoms with Crippen molar-refractivity contribution in [3.63, 3.8) is 0 Å². The predicted octanol–water partition coefficient (Wildman–Crippen LogP) is 4.41. The van der Waals surface area contributed by atoms with Gasteiger partial charge in [-0.1, -0.05) is 48.0 Å². The number of hydrogen-bond acceptors (Lipinski definition) is 3. The highest BCUT2D eigenvalue weighted by Crippen LogP contribution is 2.19. The van der Waals surface area contributed by atoms with Gasteiger partial charge in [-0.3, -0.25) is 4.79 Å². The fourth-order valence-electron chi connectivity index (χ4n) is 2.20. The maximum atomic E-state index is 12.1. The summed E-state index contributed by atoms with van der Waals surface area (Å²) >= 11 is 5.95. The summed E-state index contributed by atoms with van der Waals surface area (Å²) < 4.78 is 0. The topological polar surface area (TPSA) is 54.0 Å². The van der Waals surface area contributed by atoms with E-state index in [1.54, 1.807) is 12.3 Å². The van der Waals surface area contributed by atoms with Crippen LogP contribution in [-0.4, -0.2) is 10.9 Å². The lowest BCUT2D eigenvalue weighted by atomic mass is 10.2. The molecule has 0 saturated heterocycles. The molecule has 1 aromatic heterocycles. The summed E-state index contributed by atoms with van der Waals surface area (Å²) in [5, 5.41) is 6.70. The first-order valence-electron chi connectivity index (χ1n) is 7.51. The van der Waals surface area contributed by atoms with Gasteiger partial charge in [-0.2, -0.15) is 0 Å². The van der Waals surface area contributed by atoms with Crippen molar-refractivity contribution in [3.05, 3.63) is 89.2 Å². The highest BCUT2D eigenvalue weighted by Gasteiger charge is 2.07. The van der Waals surface area contributed by atoms with Crippen molar-refractivity contribution in [2.24, 2.45) is 0 Å². The molecule has 0 aliphatic rings. The minimum absolute atomic E-state index is 0.201. The summed E-state index contributed by atoms with van der Waals surface area (Å²) in [6.07, 6.45) is 1.62. The Balaban J connectivity index is 1.60. The van der Waals surface area contributed by atoms with Crippen LogP contribution in [0.5, 0.6) is 0 Å². The van der Waals surface area contributed by atoms with E-state index in [9.17, 15) is 4.79 Å². The first-order chi connectivity index (χ1) is 11.7. The maximum Gasteiger partial charge on any atom is 0.270 e. The van der Waals surface area contributed by atoms with Crippen LogP contribution in [-0.2, 0) is 6.54 Å². The molecule has 0 radical (unpaired) electrons. The first-order valence-corrected chi connectivity index (χ1v) is 7.89. The molecule has 5 heteroatoms. The molecule has 24 heavy (non-hydrogen) atoms. The van der Waals surface area contributed by atoms with Crippen molar-refractivity contribution in [1.29, 1.82) is 0 Å². The summed E-state index contributed by atoms with van der Waals surface area (Å²) in [6, 6.07) is 20.7. The van der Waals surface area contributed by atoms with Gasteiger partial charge in [0.05, 0.1) is 11.9 Å². The molecule has 2 N–H and O–H groups in total. The zero-order chi connectivity index (χ0) is 16.8. The fourth-order valence-corrected chi connectivity index (χ4v) is 2.39. The van der Waals surface area contributed by atoms with Crippen LogP contribution in [0.2, 0.25) is 5.02 Å². The van der Waals surface area contributed by atoms with Crippen molar-refractivity contribution in [1.82, 2.24) is 10.3 Å². The average molecular weight is 338 g/mol. The standard InChI is InChI=1S/C19H16ClN3O/c20-15-7-4-8-16(11-15)23-17-9-10-18(21-13-17)19(24)22-12-14-5-2-1-3-6-14/h1-11,13,23H,12H2,(H,22,24). The van der Waals surface area contributed by atoms with E-state index in [1.165, 1.54) is 0 Å². The third-order valence-corrected chi connectivity index (χ3v) is 3.64. The van der Waals surface area contributed by atoms with E-state index in [0.29, 0.717) is 17.3 Å². The number of anilines is 2. The predicted molar refractivity (Wildman–Crippen MR) is 96.6 cm³/mol. The second-order valence-electron chi connectivity index (χ2n) is 5.24. The molecule has 1 heterocycles. The number of benzene rings is 2. The minimum atomic E-state index is -0.201. The van der Waals surface area contributed by atoms with Crippen LogP contribution < -0.4 is 10.6 Å². The van der Waals surface area contributed by atoms with Crippen molar-refractivity contribution in [3.8, 4) is 0 Å². The summed E-state index contributed by atoms with van der Waals surface area (Å²) in [5.74, 6) is -0.201. The second kappa shape index (κ2) is 7.62. The van der Waals surface area contributed by atoms with Gasteiger partial charge in [0.2, 0.25) is 0 Å². The molecule has 3 rings (SSSR count). The Morgan fingerprint density at radius 2 is 1.79 bits per heavy atom. The van der Waals surface area contributed by atoms with Gasteiger partial charge in [-0.25, -0.2) is 4.98 Å². The SMILES string of the molecule is O=C(NCc1ccccc1)c1ccc(Nc2cccc(Cl)c2)cn1. The number of carbonyl (C=O) groups is 1. The smallest absolute Gasteiger partial charge is 0.270 e. The van der Waals surface area contributed by atoms with Crippen LogP contribution in [0.3, 0.4) is 0 Å². The molecular formula is C19H16ClN3O. The molecule has 0 atom stereocenters. The van der Waals surface area contributed by atoms with Gasteiger partial charge in [0.1, 0.15) is 5.69 Å². The quantitative estimate of drug-likeness (QED) is 0.725. The second-order valence-corrected chi connectivity index (χ2v) is 5.67. The number of amides is 1. The van der Waals surface area contributed by atoms with Gasteiger partial charge in [-0.05, 0) is 35.9 Å². The van der Waals surface area contributed by atoms with Crippen molar-refractivity contribution in [2.45, 2.75) is 6.54 Å². The molecule has 2 aromatic carbocycles. The number of aromatic nitrogens is 1. The van der Waals surface area contributed by atoms with Gasteiger partial charge in [0, 0.05) is 17.3 Å². The number of nitrogens with one attached hydrogen (secondary N) is 2. The zero-order valence-corrected chi connectivity index (χ0v) is 13.6. The summed E-state index contributed by atoms with van der Waals surface area (Å²) in [5.41, 5.74) is 3.08. The maximum absolute atomic E-state index is 12.1. The van der Waals surface area contributed by atoms with Crippen LogP contribution in [0.15, 0.2) is 72.9 Å². The van der Waals surface area contributed by atoms with E-state index < -0.39 is 0 Å². The number of carbonyl (C=O) groups excluding carboxylic acids is 1. The van der Waals surface area contributed by atoms with Gasteiger partial charge < -0.3 is 10.6 Å². The Morgan fingerprint density at radius 3 is 2.50 bits per heavy atom. The first kappa shape index (κ1) is 16.0. The Bertz CT molecular complexity index is 820. The average Bonchev–Trinajstić information content (AvgIpc) is 2.61. The molecule has 120 valence electrons. The molecule has 0 spiro atoms. The van der Waals surface area contributed by atoms with Crippen LogP contribution >= 0.6 is 11.6 Å². The molecule has 0 unspecified atom stereocenters. The van der Waals surface area contributed by atoms with E-state index in [0.717, 1.165) is 16.9 Å². The van der Waals surface area contributed by atoms with Crippen LogP contribution in [0.1, 0.15) is 16.1 Å². The molecule has 0 bridgehead atoms. The molecule has 0 fully saturated rings. The Morgan fingerprint density at radius 1 is 0.958 bits per heavy atom. The van der Waals surface area contributed by atoms with E-state index in [-0.39, 0.29) is 5.91 Å². The lowest BCUT2D eigenvalue weighted by Gasteiger charge is -2.08. The van der Waals surface area contributed by atoms with Gasteiger partial charge in [0.15, 0.2) is 0 Å². The summed E-state index contributed by atoms with van der Waals surface area (Å²) in [4.78, 5) is 16.3. The Hall–Kier alpha value is -2.85. The van der Waals surface area contributed by atoms with Gasteiger partial charge >= 0.3 is 0 Å². The Labute approximate surface area is 145 Å². The van der Waals surface area contributed by atoms with Crippen molar-refractivity contribution >= 4 is 28.9 Å². The van der Waals surface area contributed by atoms with Crippen LogP contribution in [0.25, 0.3) is 0 Å². The van der Waals surface area contributed by atoms with E-state index in [2.05, 4.69) is 15.6 Å². The van der Waals surface area contributed by atoms with Crippen LogP contribution in [0, 0.1) is 0 Å². The number of halogens is 1. The highest BCUT2D eigenvalue weighted by molar-refractivity contribution is 6.30. The number of rotatable bonds is 5. The van der Waals surface area contributed by atoms with Crippen molar-refractivity contribution < 1.29 is 4.79 Å². The number of nitrogens with zero attached hydrogens (tertiary/aromatic N) is 1. The normalized spacial score (nSPS) is 10.2. The van der Waals surface area contributed by atoms with Gasteiger partial charge in [-0.15, -0.1) is 0 Å². The lowest BCUT2D eigenvalue weighted by molar-refractivity contribution is 0.0946. The number of hydrogen-bond donors (Lipinski definition) is 2. The molecule has 0 saturated carbocycles. The molecule has 0 aliphatic carbocycles.